The predicted octanol–water partition coefficient (Wildman–Crippen LogP) is 4.56. The van der Waals surface area contributed by atoms with Gasteiger partial charge in [-0.2, -0.15) is 4.98 Å². The number of phenolic OH excluding ortho intramolecular Hbond substituents is 1. The van der Waals surface area contributed by atoms with Gasteiger partial charge in [-0.3, -0.25) is 0 Å². The molecule has 0 atom stereocenters. The lowest BCUT2D eigenvalue weighted by atomic mass is 10.2. The number of benzene rings is 2. The lowest BCUT2D eigenvalue weighted by Gasteiger charge is -1.99. The molecule has 4 nitrogen and oxygen atoms in total. The van der Waals surface area contributed by atoms with E-state index in [1.807, 2.05) is 0 Å². The van der Waals surface area contributed by atoms with Crippen molar-refractivity contribution in [1.82, 2.24) is 10.1 Å². The minimum atomic E-state index is -0.653. The van der Waals surface area contributed by atoms with Gasteiger partial charge < -0.3 is 9.63 Å². The molecule has 21 heavy (non-hydrogen) atoms. The van der Waals surface area contributed by atoms with Gasteiger partial charge in [0.1, 0.15) is 17.1 Å². The Kier molecular flexibility index (Phi) is 3.53. The Balaban J connectivity index is 2.06. The summed E-state index contributed by atoms with van der Waals surface area (Å²) in [6.45, 7) is 0. The molecule has 0 amide bonds. The maximum Gasteiger partial charge on any atom is 0.265 e. The standard InChI is InChI=1S/C14H7Cl2FN2O2/c15-8-5-4-7(6-9(8)16)13-18-14(21-19-13)12-10(17)2-1-3-11(12)20/h1-6,20H. The molecule has 0 aliphatic heterocycles. The van der Waals surface area contributed by atoms with E-state index in [-0.39, 0.29) is 23.0 Å². The summed E-state index contributed by atoms with van der Waals surface area (Å²) in [4.78, 5) is 4.06. The summed E-state index contributed by atoms with van der Waals surface area (Å²) >= 11 is 11.8. The molecule has 1 heterocycles. The molecule has 0 bridgehead atoms. The van der Waals surface area contributed by atoms with Gasteiger partial charge in [-0.05, 0) is 30.3 Å². The Morgan fingerprint density at radius 3 is 2.62 bits per heavy atom. The molecule has 0 saturated heterocycles. The summed E-state index contributed by atoms with van der Waals surface area (Å²) in [7, 11) is 0. The summed E-state index contributed by atoms with van der Waals surface area (Å²) in [6.07, 6.45) is 0. The lowest BCUT2D eigenvalue weighted by Crippen LogP contribution is -1.86. The second-order valence-electron chi connectivity index (χ2n) is 4.19. The smallest absolute Gasteiger partial charge is 0.265 e. The maximum absolute atomic E-state index is 13.7. The van der Waals surface area contributed by atoms with Crippen LogP contribution in [0.4, 0.5) is 4.39 Å². The first-order valence-corrected chi connectivity index (χ1v) is 6.59. The largest absolute Gasteiger partial charge is 0.507 e. The van der Waals surface area contributed by atoms with Crippen molar-refractivity contribution in [3.8, 4) is 28.6 Å². The van der Waals surface area contributed by atoms with Crippen LogP contribution in [-0.4, -0.2) is 15.2 Å². The molecule has 3 aromatic rings. The molecule has 106 valence electrons. The van der Waals surface area contributed by atoms with E-state index in [1.54, 1.807) is 18.2 Å². The van der Waals surface area contributed by atoms with Crippen molar-refractivity contribution in [3.63, 3.8) is 0 Å². The number of rotatable bonds is 2. The zero-order valence-electron chi connectivity index (χ0n) is 10.3. The minimum Gasteiger partial charge on any atom is -0.507 e. The van der Waals surface area contributed by atoms with E-state index in [4.69, 9.17) is 27.7 Å². The number of aromatic nitrogens is 2. The zero-order chi connectivity index (χ0) is 15.0. The van der Waals surface area contributed by atoms with Gasteiger partial charge >= 0.3 is 0 Å². The molecular weight excluding hydrogens is 318 g/mol. The molecular formula is C14H7Cl2FN2O2. The third-order valence-electron chi connectivity index (χ3n) is 2.81. The Bertz CT molecular complexity index is 800. The SMILES string of the molecule is Oc1cccc(F)c1-c1nc(-c2ccc(Cl)c(Cl)c2)no1. The van der Waals surface area contributed by atoms with Crippen molar-refractivity contribution in [2.24, 2.45) is 0 Å². The van der Waals surface area contributed by atoms with Gasteiger partial charge in [0.25, 0.3) is 5.89 Å². The van der Waals surface area contributed by atoms with Gasteiger partial charge in [0.15, 0.2) is 0 Å². The molecule has 7 heteroatoms. The maximum atomic E-state index is 13.7. The highest BCUT2D eigenvalue weighted by molar-refractivity contribution is 6.42. The average Bonchev–Trinajstić information content (AvgIpc) is 2.91. The number of halogens is 3. The number of nitrogens with zero attached hydrogens (tertiary/aromatic N) is 2. The predicted molar refractivity (Wildman–Crippen MR) is 76.8 cm³/mol. The minimum absolute atomic E-state index is 0.119. The summed E-state index contributed by atoms with van der Waals surface area (Å²) in [6, 6.07) is 8.73. The third kappa shape index (κ3) is 2.57. The summed E-state index contributed by atoms with van der Waals surface area (Å²) in [5, 5.41) is 14.2. The average molecular weight is 325 g/mol. The van der Waals surface area contributed by atoms with Gasteiger partial charge in [-0.1, -0.05) is 34.4 Å². The number of hydrogen-bond donors (Lipinski definition) is 1. The molecule has 0 spiro atoms. The first-order chi connectivity index (χ1) is 10.1. The van der Waals surface area contributed by atoms with Crippen molar-refractivity contribution < 1.29 is 14.0 Å². The highest BCUT2D eigenvalue weighted by Crippen LogP contribution is 2.32. The molecule has 0 aliphatic carbocycles. The molecule has 0 fully saturated rings. The normalized spacial score (nSPS) is 10.8. The lowest BCUT2D eigenvalue weighted by molar-refractivity contribution is 0.421. The first kappa shape index (κ1) is 13.9. The van der Waals surface area contributed by atoms with E-state index in [2.05, 4.69) is 10.1 Å². The van der Waals surface area contributed by atoms with Gasteiger partial charge in [0.2, 0.25) is 5.82 Å². The van der Waals surface area contributed by atoms with E-state index in [1.165, 1.54) is 18.2 Å². The van der Waals surface area contributed by atoms with Crippen LogP contribution in [0.15, 0.2) is 40.9 Å². The summed E-state index contributed by atoms with van der Waals surface area (Å²) in [5.41, 5.74) is 0.423. The van der Waals surface area contributed by atoms with Gasteiger partial charge in [-0.25, -0.2) is 4.39 Å². The summed E-state index contributed by atoms with van der Waals surface area (Å²) < 4.78 is 18.7. The Morgan fingerprint density at radius 2 is 1.90 bits per heavy atom. The van der Waals surface area contributed by atoms with Crippen molar-refractivity contribution in [2.45, 2.75) is 0 Å². The second-order valence-corrected chi connectivity index (χ2v) is 5.00. The van der Waals surface area contributed by atoms with Crippen molar-refractivity contribution in [2.75, 3.05) is 0 Å². The second kappa shape index (κ2) is 5.35. The fourth-order valence-corrected chi connectivity index (χ4v) is 2.10. The van der Waals surface area contributed by atoms with Crippen LogP contribution in [-0.2, 0) is 0 Å². The van der Waals surface area contributed by atoms with Gasteiger partial charge in [-0.15, -0.1) is 0 Å². The molecule has 0 aliphatic rings. The van der Waals surface area contributed by atoms with Crippen LogP contribution < -0.4 is 0 Å². The van der Waals surface area contributed by atoms with Crippen LogP contribution in [0.25, 0.3) is 22.8 Å². The van der Waals surface area contributed by atoms with E-state index in [9.17, 15) is 9.50 Å². The Morgan fingerprint density at radius 1 is 1.10 bits per heavy atom. The molecule has 2 aromatic carbocycles. The topological polar surface area (TPSA) is 59.2 Å². The number of aromatic hydroxyl groups is 1. The van der Waals surface area contributed by atoms with E-state index in [0.29, 0.717) is 15.6 Å². The Hall–Kier alpha value is -2.11. The quantitative estimate of drug-likeness (QED) is 0.751. The van der Waals surface area contributed by atoms with Gasteiger partial charge in [0.05, 0.1) is 10.0 Å². The fourth-order valence-electron chi connectivity index (χ4n) is 1.80. The highest BCUT2D eigenvalue weighted by Gasteiger charge is 2.18. The van der Waals surface area contributed by atoms with Gasteiger partial charge in [0, 0.05) is 5.56 Å². The highest BCUT2D eigenvalue weighted by atomic mass is 35.5. The van der Waals surface area contributed by atoms with Crippen molar-refractivity contribution in [1.29, 1.82) is 0 Å². The van der Waals surface area contributed by atoms with Crippen LogP contribution in [0, 0.1) is 5.82 Å². The number of hydrogen-bond acceptors (Lipinski definition) is 4. The van der Waals surface area contributed by atoms with Crippen LogP contribution in [0.5, 0.6) is 5.75 Å². The molecule has 0 saturated carbocycles. The van der Waals surface area contributed by atoms with E-state index >= 15 is 0 Å². The molecule has 0 unspecified atom stereocenters. The molecule has 0 radical (unpaired) electrons. The monoisotopic (exact) mass is 324 g/mol. The molecule has 1 N–H and O–H groups in total. The summed E-state index contributed by atoms with van der Waals surface area (Å²) in [5.74, 6) is -0.837. The first-order valence-electron chi connectivity index (χ1n) is 5.83. The van der Waals surface area contributed by atoms with Crippen molar-refractivity contribution >= 4 is 23.2 Å². The van der Waals surface area contributed by atoms with Crippen LogP contribution in [0.2, 0.25) is 10.0 Å². The zero-order valence-corrected chi connectivity index (χ0v) is 11.9. The van der Waals surface area contributed by atoms with E-state index < -0.39 is 5.82 Å². The Labute approximate surface area is 128 Å². The van der Waals surface area contributed by atoms with Crippen LogP contribution >= 0.6 is 23.2 Å². The van der Waals surface area contributed by atoms with Crippen LogP contribution in [0.3, 0.4) is 0 Å². The van der Waals surface area contributed by atoms with Crippen molar-refractivity contribution in [3.05, 3.63) is 52.3 Å². The number of phenols is 1. The van der Waals surface area contributed by atoms with E-state index in [0.717, 1.165) is 0 Å². The van der Waals surface area contributed by atoms with Crippen LogP contribution in [0.1, 0.15) is 0 Å². The third-order valence-corrected chi connectivity index (χ3v) is 3.55. The molecule has 3 rings (SSSR count). The molecule has 1 aromatic heterocycles. The fraction of sp³-hybridized carbons (Fsp3) is 0.